The lowest BCUT2D eigenvalue weighted by Crippen LogP contribution is -2.13. The van der Waals surface area contributed by atoms with E-state index in [-0.39, 0.29) is 0 Å². The van der Waals surface area contributed by atoms with Crippen LogP contribution in [0.3, 0.4) is 0 Å². The highest BCUT2D eigenvalue weighted by atomic mass is 15.1. The summed E-state index contributed by atoms with van der Waals surface area (Å²) in [4.78, 5) is 8.71. The van der Waals surface area contributed by atoms with Crippen molar-refractivity contribution in [1.29, 1.82) is 0 Å². The Morgan fingerprint density at radius 1 is 1.25 bits per heavy atom. The van der Waals surface area contributed by atoms with Crippen LogP contribution in [0.5, 0.6) is 0 Å². The van der Waals surface area contributed by atoms with Gasteiger partial charge in [-0.2, -0.15) is 0 Å². The van der Waals surface area contributed by atoms with E-state index in [1.807, 2.05) is 13.0 Å². The highest BCUT2D eigenvalue weighted by molar-refractivity contribution is 5.47. The van der Waals surface area contributed by atoms with E-state index in [1.165, 1.54) is 12.8 Å². The maximum absolute atomic E-state index is 4.38. The van der Waals surface area contributed by atoms with Gasteiger partial charge in [-0.1, -0.05) is 6.92 Å². The van der Waals surface area contributed by atoms with Crippen LogP contribution in [0.2, 0.25) is 0 Å². The highest BCUT2D eigenvalue weighted by Gasteiger charge is 2.36. The number of aryl methyl sites for hydroxylation is 1. The Balaban J connectivity index is 2.01. The topological polar surface area (TPSA) is 49.8 Å². The number of nitrogens with zero attached hydrogens (tertiary/aromatic N) is 2. The first-order chi connectivity index (χ1) is 7.61. The molecule has 4 heteroatoms. The molecular formula is C12H20N4. The van der Waals surface area contributed by atoms with Gasteiger partial charge in [0.15, 0.2) is 0 Å². The summed E-state index contributed by atoms with van der Waals surface area (Å²) in [6, 6.07) is 1.97. The standard InChI is InChI=1S/C12H20N4/c1-4-13-10-7-11(16-9(2)15-10)14-8-12(3)5-6-12/h7H,4-6,8H2,1-3H3,(H2,13,14,15,16). The van der Waals surface area contributed by atoms with Crippen molar-refractivity contribution in [2.75, 3.05) is 23.7 Å². The van der Waals surface area contributed by atoms with E-state index in [0.717, 1.165) is 30.5 Å². The van der Waals surface area contributed by atoms with Crippen molar-refractivity contribution >= 4 is 11.6 Å². The molecule has 0 saturated heterocycles. The van der Waals surface area contributed by atoms with Crippen molar-refractivity contribution in [2.24, 2.45) is 5.41 Å². The van der Waals surface area contributed by atoms with Gasteiger partial charge in [-0.05, 0) is 32.1 Å². The average Bonchev–Trinajstić information content (AvgIpc) is 2.94. The first-order valence-corrected chi connectivity index (χ1v) is 5.95. The molecule has 1 aliphatic carbocycles. The molecule has 1 heterocycles. The molecule has 88 valence electrons. The summed E-state index contributed by atoms with van der Waals surface area (Å²) in [6.45, 7) is 8.18. The van der Waals surface area contributed by atoms with E-state index in [9.17, 15) is 0 Å². The summed E-state index contributed by atoms with van der Waals surface area (Å²) in [5.41, 5.74) is 0.497. The maximum Gasteiger partial charge on any atom is 0.131 e. The molecule has 0 amide bonds. The first kappa shape index (κ1) is 11.2. The van der Waals surface area contributed by atoms with Gasteiger partial charge in [-0.3, -0.25) is 0 Å². The van der Waals surface area contributed by atoms with Gasteiger partial charge in [0.1, 0.15) is 17.5 Å². The molecule has 1 saturated carbocycles. The Hall–Kier alpha value is -1.32. The van der Waals surface area contributed by atoms with E-state index < -0.39 is 0 Å². The molecule has 1 aliphatic rings. The van der Waals surface area contributed by atoms with Crippen LogP contribution in [0.15, 0.2) is 6.07 Å². The molecule has 2 N–H and O–H groups in total. The minimum atomic E-state index is 0.497. The molecule has 0 unspecified atom stereocenters. The van der Waals surface area contributed by atoms with Gasteiger partial charge < -0.3 is 10.6 Å². The molecule has 0 aliphatic heterocycles. The van der Waals surface area contributed by atoms with Crippen LogP contribution in [-0.2, 0) is 0 Å². The SMILES string of the molecule is CCNc1cc(NCC2(C)CC2)nc(C)n1. The highest BCUT2D eigenvalue weighted by Crippen LogP contribution is 2.44. The van der Waals surface area contributed by atoms with E-state index in [4.69, 9.17) is 0 Å². The number of anilines is 2. The zero-order chi connectivity index (χ0) is 11.6. The summed E-state index contributed by atoms with van der Waals surface area (Å²) in [7, 11) is 0. The monoisotopic (exact) mass is 220 g/mol. The zero-order valence-corrected chi connectivity index (χ0v) is 10.3. The molecule has 1 aromatic heterocycles. The molecule has 16 heavy (non-hydrogen) atoms. The number of aromatic nitrogens is 2. The molecular weight excluding hydrogens is 200 g/mol. The molecule has 2 rings (SSSR count). The summed E-state index contributed by atoms with van der Waals surface area (Å²) < 4.78 is 0. The Bertz CT molecular complexity index is 371. The Morgan fingerprint density at radius 2 is 1.88 bits per heavy atom. The van der Waals surface area contributed by atoms with Crippen molar-refractivity contribution in [2.45, 2.75) is 33.6 Å². The zero-order valence-electron chi connectivity index (χ0n) is 10.3. The van der Waals surface area contributed by atoms with Crippen molar-refractivity contribution in [3.8, 4) is 0 Å². The molecule has 1 fully saturated rings. The molecule has 0 aromatic carbocycles. The second-order valence-corrected chi connectivity index (χ2v) is 4.88. The quantitative estimate of drug-likeness (QED) is 0.800. The van der Waals surface area contributed by atoms with Crippen molar-refractivity contribution < 1.29 is 0 Å². The molecule has 4 nitrogen and oxygen atoms in total. The van der Waals surface area contributed by atoms with Crippen LogP contribution in [0, 0.1) is 12.3 Å². The predicted octanol–water partition coefficient (Wildman–Crippen LogP) is 2.43. The Kier molecular flexibility index (Phi) is 2.99. The molecule has 0 spiro atoms. The molecule has 0 radical (unpaired) electrons. The molecule has 0 bridgehead atoms. The molecule has 0 atom stereocenters. The van der Waals surface area contributed by atoms with Crippen LogP contribution in [0.1, 0.15) is 32.5 Å². The van der Waals surface area contributed by atoms with Crippen LogP contribution >= 0.6 is 0 Å². The van der Waals surface area contributed by atoms with Gasteiger partial charge in [0.05, 0.1) is 0 Å². The number of hydrogen-bond donors (Lipinski definition) is 2. The van der Waals surface area contributed by atoms with Gasteiger partial charge in [-0.15, -0.1) is 0 Å². The Morgan fingerprint density at radius 3 is 2.44 bits per heavy atom. The fraction of sp³-hybridized carbons (Fsp3) is 0.667. The first-order valence-electron chi connectivity index (χ1n) is 5.95. The van der Waals surface area contributed by atoms with Gasteiger partial charge in [-0.25, -0.2) is 9.97 Å². The second-order valence-electron chi connectivity index (χ2n) is 4.88. The largest absolute Gasteiger partial charge is 0.370 e. The predicted molar refractivity (Wildman–Crippen MR) is 66.8 cm³/mol. The van der Waals surface area contributed by atoms with Crippen LogP contribution in [-0.4, -0.2) is 23.1 Å². The smallest absolute Gasteiger partial charge is 0.131 e. The third-order valence-electron chi connectivity index (χ3n) is 3.00. The lowest BCUT2D eigenvalue weighted by molar-refractivity contribution is 0.609. The Labute approximate surface area is 96.9 Å². The van der Waals surface area contributed by atoms with E-state index in [2.05, 4.69) is 34.4 Å². The van der Waals surface area contributed by atoms with Gasteiger partial charge >= 0.3 is 0 Å². The van der Waals surface area contributed by atoms with E-state index in [0.29, 0.717) is 5.41 Å². The lowest BCUT2D eigenvalue weighted by Gasteiger charge is -2.12. The summed E-state index contributed by atoms with van der Waals surface area (Å²) >= 11 is 0. The minimum absolute atomic E-state index is 0.497. The number of rotatable bonds is 5. The van der Waals surface area contributed by atoms with Gasteiger partial charge in [0, 0.05) is 19.2 Å². The fourth-order valence-electron chi connectivity index (χ4n) is 1.62. The van der Waals surface area contributed by atoms with Crippen LogP contribution < -0.4 is 10.6 Å². The van der Waals surface area contributed by atoms with Crippen LogP contribution in [0.25, 0.3) is 0 Å². The summed E-state index contributed by atoms with van der Waals surface area (Å²) in [5, 5.41) is 6.61. The third-order valence-corrected chi connectivity index (χ3v) is 3.00. The summed E-state index contributed by atoms with van der Waals surface area (Å²) in [5.74, 6) is 2.64. The third kappa shape index (κ3) is 2.84. The van der Waals surface area contributed by atoms with Crippen LogP contribution in [0.4, 0.5) is 11.6 Å². The second kappa shape index (κ2) is 4.28. The maximum atomic E-state index is 4.38. The van der Waals surface area contributed by atoms with Gasteiger partial charge in [0.2, 0.25) is 0 Å². The van der Waals surface area contributed by atoms with Crippen molar-refractivity contribution in [3.63, 3.8) is 0 Å². The normalized spacial score (nSPS) is 16.9. The lowest BCUT2D eigenvalue weighted by atomic mass is 10.1. The van der Waals surface area contributed by atoms with Crippen molar-refractivity contribution in [3.05, 3.63) is 11.9 Å². The fourth-order valence-corrected chi connectivity index (χ4v) is 1.62. The minimum Gasteiger partial charge on any atom is -0.370 e. The van der Waals surface area contributed by atoms with Gasteiger partial charge in [0.25, 0.3) is 0 Å². The van der Waals surface area contributed by atoms with E-state index in [1.54, 1.807) is 0 Å². The summed E-state index contributed by atoms with van der Waals surface area (Å²) in [6.07, 6.45) is 2.65. The number of hydrogen-bond acceptors (Lipinski definition) is 4. The van der Waals surface area contributed by atoms with E-state index >= 15 is 0 Å². The molecule has 1 aromatic rings. The average molecular weight is 220 g/mol. The number of nitrogens with one attached hydrogen (secondary N) is 2. The van der Waals surface area contributed by atoms with Crippen molar-refractivity contribution in [1.82, 2.24) is 9.97 Å².